The molecule has 4 nitrogen and oxygen atoms in total. The van der Waals surface area contributed by atoms with Crippen LogP contribution in [0.3, 0.4) is 0 Å². The van der Waals surface area contributed by atoms with E-state index < -0.39 is 0 Å². The molecule has 0 saturated carbocycles. The summed E-state index contributed by atoms with van der Waals surface area (Å²) in [5.74, 6) is 0. The standard InChI is InChI=1S/C44H26Br4N4.Zn/c45-29-13-5-1-9-25(29)41-33-17-19-35(49-33)42(26-10-2-6-14-30(26)46)37-21-23-39(51-37)44(28-12-4-8-16-32(28)48)40-24-22-38(52-40)43(36-20-18-34(41)50-36)27-11-3-7-15-31(27)47;/h1-24,49,52H;. The van der Waals surface area contributed by atoms with Crippen molar-refractivity contribution in [3.05, 3.63) is 162 Å². The van der Waals surface area contributed by atoms with Crippen LogP contribution in [0.2, 0.25) is 0 Å². The van der Waals surface area contributed by atoms with E-state index in [4.69, 9.17) is 9.97 Å². The summed E-state index contributed by atoms with van der Waals surface area (Å²) in [6, 6.07) is 41.8. The molecule has 9 heteroatoms. The number of nitrogens with one attached hydrogen (secondary N) is 2. The minimum absolute atomic E-state index is 0. The summed E-state index contributed by atoms with van der Waals surface area (Å²) in [5.41, 5.74) is 15.3. The SMILES string of the molecule is Brc1ccccc1-c1c2nc(c(-c3ccccc3Br)c3ccc([nH]3)c(-c3ccccc3Br)c3nc(c(-c4ccccc4Br)c4ccc1[nH]4)C=C3)C=C2.[Zn]. The zero-order valence-corrected chi connectivity index (χ0v) is 37.3. The number of rotatable bonds is 4. The molecule has 0 fully saturated rings. The van der Waals surface area contributed by atoms with Gasteiger partial charge in [-0.1, -0.05) is 137 Å². The van der Waals surface area contributed by atoms with E-state index in [1.165, 1.54) is 0 Å². The fraction of sp³-hybridized carbons (Fsp3) is 0. The van der Waals surface area contributed by atoms with Crippen LogP contribution in [0.25, 0.3) is 90.9 Å². The minimum Gasteiger partial charge on any atom is -0.354 e. The van der Waals surface area contributed by atoms with Crippen LogP contribution < -0.4 is 0 Å². The average Bonchev–Trinajstić information content (AvgIpc) is 3.99. The number of H-pyrrole nitrogens is 2. The van der Waals surface area contributed by atoms with Gasteiger partial charge in [-0.2, -0.15) is 0 Å². The van der Waals surface area contributed by atoms with Gasteiger partial charge in [0.05, 0.1) is 22.8 Å². The summed E-state index contributed by atoms with van der Waals surface area (Å²) in [6.07, 6.45) is 8.46. The summed E-state index contributed by atoms with van der Waals surface area (Å²) >= 11 is 15.4. The van der Waals surface area contributed by atoms with E-state index in [1.54, 1.807) is 0 Å². The topological polar surface area (TPSA) is 57.4 Å². The van der Waals surface area contributed by atoms with E-state index in [-0.39, 0.29) is 19.5 Å². The van der Waals surface area contributed by atoms with Crippen molar-refractivity contribution in [2.75, 3.05) is 0 Å². The van der Waals surface area contributed by atoms with Gasteiger partial charge in [0.1, 0.15) is 0 Å². The van der Waals surface area contributed by atoms with Crippen LogP contribution in [0.4, 0.5) is 0 Å². The zero-order chi connectivity index (χ0) is 35.3. The number of benzene rings is 4. The Bertz CT molecular complexity index is 2440. The van der Waals surface area contributed by atoms with E-state index in [0.717, 1.165) is 107 Å². The molecule has 0 amide bonds. The molecule has 4 aromatic carbocycles. The molecule has 0 aliphatic carbocycles. The number of hydrogen-bond acceptors (Lipinski definition) is 2. The van der Waals surface area contributed by atoms with Crippen molar-refractivity contribution >= 4 is 110 Å². The predicted molar refractivity (Wildman–Crippen MR) is 231 cm³/mol. The van der Waals surface area contributed by atoms with E-state index in [2.05, 4.69) is 195 Å². The quantitative estimate of drug-likeness (QED) is 0.173. The van der Waals surface area contributed by atoms with Gasteiger partial charge in [-0.05, 0) is 72.8 Å². The molecule has 53 heavy (non-hydrogen) atoms. The molecule has 2 aliphatic heterocycles. The van der Waals surface area contributed by atoms with Crippen LogP contribution in [-0.4, -0.2) is 19.9 Å². The maximum absolute atomic E-state index is 5.40. The van der Waals surface area contributed by atoms with Crippen LogP contribution in [-0.2, 0) is 19.5 Å². The van der Waals surface area contributed by atoms with Gasteiger partial charge in [-0.15, -0.1) is 0 Å². The summed E-state index contributed by atoms with van der Waals surface area (Å²) in [4.78, 5) is 18.4. The van der Waals surface area contributed by atoms with Crippen LogP contribution in [0.5, 0.6) is 0 Å². The first-order valence-corrected chi connectivity index (χ1v) is 19.8. The fourth-order valence-electron chi connectivity index (χ4n) is 6.99. The predicted octanol–water partition coefficient (Wildman–Crippen LogP) is 14.4. The van der Waals surface area contributed by atoms with Crippen molar-refractivity contribution in [1.29, 1.82) is 0 Å². The summed E-state index contributed by atoms with van der Waals surface area (Å²) < 4.78 is 3.93. The van der Waals surface area contributed by atoms with Crippen molar-refractivity contribution in [3.8, 4) is 44.5 Å². The second-order valence-electron chi connectivity index (χ2n) is 12.4. The molecule has 0 radical (unpaired) electrons. The third-order valence-corrected chi connectivity index (χ3v) is 12.1. The molecular weight excluding hydrogens is 970 g/mol. The Morgan fingerprint density at radius 2 is 0.547 bits per heavy atom. The van der Waals surface area contributed by atoms with Crippen molar-refractivity contribution in [2.24, 2.45) is 0 Å². The molecule has 252 valence electrons. The third kappa shape index (κ3) is 6.61. The van der Waals surface area contributed by atoms with E-state index in [9.17, 15) is 0 Å². The summed E-state index contributed by atoms with van der Waals surface area (Å²) in [6.45, 7) is 0. The van der Waals surface area contributed by atoms with Gasteiger partial charge in [-0.25, -0.2) is 9.97 Å². The number of fused-ring (bicyclic) bond motifs is 8. The smallest absolute Gasteiger partial charge is 0.0737 e. The average molecular weight is 996 g/mol. The fourth-order valence-corrected chi connectivity index (χ4v) is 8.93. The Morgan fingerprint density at radius 1 is 0.321 bits per heavy atom. The molecule has 2 N–H and O–H groups in total. The molecular formula is C44H26Br4N4Zn. The normalized spacial score (nSPS) is 11.8. The minimum atomic E-state index is 0. The largest absolute Gasteiger partial charge is 0.354 e. The second-order valence-corrected chi connectivity index (χ2v) is 15.8. The van der Waals surface area contributed by atoms with Crippen molar-refractivity contribution in [1.82, 2.24) is 19.9 Å². The molecule has 3 aromatic heterocycles. The molecule has 0 atom stereocenters. The number of hydrogen-bond donors (Lipinski definition) is 2. The van der Waals surface area contributed by atoms with E-state index in [0.29, 0.717) is 0 Å². The van der Waals surface area contributed by atoms with Gasteiger partial charge in [0.2, 0.25) is 0 Å². The van der Waals surface area contributed by atoms with Gasteiger partial charge in [0, 0.05) is 104 Å². The van der Waals surface area contributed by atoms with E-state index in [1.807, 2.05) is 24.3 Å². The van der Waals surface area contributed by atoms with Gasteiger partial charge < -0.3 is 9.97 Å². The molecule has 0 saturated heterocycles. The molecule has 0 unspecified atom stereocenters. The van der Waals surface area contributed by atoms with Gasteiger partial charge >= 0.3 is 0 Å². The molecule has 8 bridgehead atoms. The van der Waals surface area contributed by atoms with Gasteiger partial charge in [-0.3, -0.25) is 0 Å². The first kappa shape index (κ1) is 36.0. The molecule has 2 aliphatic rings. The first-order valence-electron chi connectivity index (χ1n) is 16.6. The Morgan fingerprint density at radius 3 is 0.774 bits per heavy atom. The Labute approximate surface area is 352 Å². The molecule has 5 heterocycles. The maximum atomic E-state index is 5.40. The number of nitrogens with zero attached hydrogens (tertiary/aromatic N) is 2. The number of aromatic nitrogens is 4. The Balaban J connectivity index is 0.00000400. The van der Waals surface area contributed by atoms with Crippen LogP contribution in [0.1, 0.15) is 22.8 Å². The molecule has 0 spiro atoms. The molecule has 9 rings (SSSR count). The van der Waals surface area contributed by atoms with Crippen LogP contribution >= 0.6 is 63.7 Å². The van der Waals surface area contributed by atoms with Crippen molar-refractivity contribution < 1.29 is 19.5 Å². The summed E-state index contributed by atoms with van der Waals surface area (Å²) in [5, 5.41) is 0. The van der Waals surface area contributed by atoms with Crippen molar-refractivity contribution in [3.63, 3.8) is 0 Å². The van der Waals surface area contributed by atoms with Gasteiger partial charge in [0.15, 0.2) is 0 Å². The maximum Gasteiger partial charge on any atom is 0.0737 e. The van der Waals surface area contributed by atoms with Gasteiger partial charge in [0.25, 0.3) is 0 Å². The number of halogens is 4. The third-order valence-electron chi connectivity index (χ3n) is 9.33. The zero-order valence-electron chi connectivity index (χ0n) is 28.0. The number of aromatic amines is 2. The first-order chi connectivity index (χ1) is 25.4. The molecule has 7 aromatic rings. The summed E-state index contributed by atoms with van der Waals surface area (Å²) in [7, 11) is 0. The van der Waals surface area contributed by atoms with E-state index >= 15 is 0 Å². The van der Waals surface area contributed by atoms with Crippen LogP contribution in [0, 0.1) is 0 Å². The second kappa shape index (κ2) is 15.0. The van der Waals surface area contributed by atoms with Crippen molar-refractivity contribution in [2.45, 2.75) is 0 Å². The van der Waals surface area contributed by atoms with Crippen LogP contribution in [0.15, 0.2) is 139 Å². The Hall–Kier alpha value is -3.98. The Kier molecular flexibility index (Phi) is 10.2. The monoisotopic (exact) mass is 990 g/mol.